The summed E-state index contributed by atoms with van der Waals surface area (Å²) in [5, 5.41) is 5.76. The Morgan fingerprint density at radius 1 is 1.18 bits per heavy atom. The van der Waals surface area contributed by atoms with Crippen LogP contribution in [-0.4, -0.2) is 78.9 Å². The number of hydrogen-bond donors (Lipinski definition) is 2. The molecule has 9 nitrogen and oxygen atoms in total. The number of likely N-dealkylation sites (tertiary alicyclic amines) is 1. The highest BCUT2D eigenvalue weighted by molar-refractivity contribution is 5.96. The molecule has 2 aliphatic rings. The van der Waals surface area contributed by atoms with Gasteiger partial charge in [0.15, 0.2) is 0 Å². The Hall–Kier alpha value is -3.10. The van der Waals surface area contributed by atoms with Gasteiger partial charge in [0.1, 0.15) is 6.04 Å². The first kappa shape index (κ1) is 24.5. The van der Waals surface area contributed by atoms with Gasteiger partial charge in [-0.1, -0.05) is 19.9 Å². The minimum absolute atomic E-state index is 0.00441. The normalized spacial score (nSPS) is 19.1. The highest BCUT2D eigenvalue weighted by Gasteiger charge is 2.35. The zero-order valence-corrected chi connectivity index (χ0v) is 19.5. The lowest BCUT2D eigenvalue weighted by atomic mass is 9.98. The van der Waals surface area contributed by atoms with Gasteiger partial charge in [-0.25, -0.2) is 0 Å². The quantitative estimate of drug-likeness (QED) is 0.574. The summed E-state index contributed by atoms with van der Waals surface area (Å²) in [6.45, 7) is 6.50. The number of amides is 3. The Kier molecular flexibility index (Phi) is 8.68. The number of benzene rings is 1. The average Bonchev–Trinajstić information content (AvgIpc) is 2.82. The van der Waals surface area contributed by atoms with E-state index in [1.165, 1.54) is 4.90 Å². The second kappa shape index (κ2) is 11.7. The van der Waals surface area contributed by atoms with E-state index in [2.05, 4.69) is 17.6 Å². The van der Waals surface area contributed by atoms with Crippen LogP contribution in [-0.2, 0) is 19.1 Å². The molecule has 2 saturated heterocycles. The summed E-state index contributed by atoms with van der Waals surface area (Å²) in [5.74, 6) is -0.508. The SMILES string of the molecule is CCCOC(=O)CC1C(=O)NCCN1C(=O)CNc1cccc(C(=O)N2CCC(C)CC2)c1. The van der Waals surface area contributed by atoms with Gasteiger partial charge < -0.3 is 25.2 Å². The van der Waals surface area contributed by atoms with Gasteiger partial charge in [-0.05, 0) is 43.4 Å². The molecule has 3 amide bonds. The lowest BCUT2D eigenvalue weighted by molar-refractivity contribution is -0.151. The Balaban J connectivity index is 1.58. The predicted octanol–water partition coefficient (Wildman–Crippen LogP) is 1.64. The number of carbonyl (C=O) groups is 4. The molecule has 0 spiro atoms. The lowest BCUT2D eigenvalue weighted by Crippen LogP contribution is -2.58. The minimum Gasteiger partial charge on any atom is -0.466 e. The number of nitrogens with one attached hydrogen (secondary N) is 2. The zero-order chi connectivity index (χ0) is 23.8. The van der Waals surface area contributed by atoms with E-state index in [1.54, 1.807) is 24.3 Å². The van der Waals surface area contributed by atoms with Crippen molar-refractivity contribution in [2.75, 3.05) is 44.6 Å². The van der Waals surface area contributed by atoms with Crippen molar-refractivity contribution in [3.8, 4) is 0 Å². The van der Waals surface area contributed by atoms with E-state index >= 15 is 0 Å². The average molecular weight is 459 g/mol. The summed E-state index contributed by atoms with van der Waals surface area (Å²) >= 11 is 0. The van der Waals surface area contributed by atoms with Crippen molar-refractivity contribution >= 4 is 29.4 Å². The molecule has 0 bridgehead atoms. The first-order valence-electron chi connectivity index (χ1n) is 11.7. The second-order valence-electron chi connectivity index (χ2n) is 8.73. The number of nitrogens with zero attached hydrogens (tertiary/aromatic N) is 2. The van der Waals surface area contributed by atoms with Crippen LogP contribution in [0.25, 0.3) is 0 Å². The van der Waals surface area contributed by atoms with E-state index in [0.717, 1.165) is 25.9 Å². The molecular weight excluding hydrogens is 424 g/mol. The molecular formula is C24H34N4O5. The molecule has 180 valence electrons. The van der Waals surface area contributed by atoms with Crippen molar-refractivity contribution in [3.63, 3.8) is 0 Å². The molecule has 0 aliphatic carbocycles. The topological polar surface area (TPSA) is 108 Å². The van der Waals surface area contributed by atoms with Crippen LogP contribution < -0.4 is 10.6 Å². The molecule has 1 aromatic rings. The number of carbonyl (C=O) groups excluding carboxylic acids is 4. The number of hydrogen-bond acceptors (Lipinski definition) is 6. The Morgan fingerprint density at radius 2 is 1.94 bits per heavy atom. The standard InChI is InChI=1S/C24H34N4O5/c1-3-13-33-22(30)15-20-23(31)25-9-12-28(20)21(29)16-26-19-6-4-5-18(14-19)24(32)27-10-7-17(2)8-11-27/h4-6,14,17,20,26H,3,7-13,15-16H2,1-2H3,(H,25,31). The molecule has 2 N–H and O–H groups in total. The van der Waals surface area contributed by atoms with Crippen LogP contribution in [0.15, 0.2) is 24.3 Å². The van der Waals surface area contributed by atoms with Gasteiger partial charge in [-0.15, -0.1) is 0 Å². The third kappa shape index (κ3) is 6.69. The summed E-state index contributed by atoms with van der Waals surface area (Å²) in [4.78, 5) is 53.3. The highest BCUT2D eigenvalue weighted by Crippen LogP contribution is 2.20. The number of piperazine rings is 1. The highest BCUT2D eigenvalue weighted by atomic mass is 16.5. The second-order valence-corrected chi connectivity index (χ2v) is 8.73. The maximum absolute atomic E-state index is 12.9. The molecule has 1 aromatic carbocycles. The molecule has 3 rings (SSSR count). The third-order valence-electron chi connectivity index (χ3n) is 6.10. The maximum Gasteiger partial charge on any atom is 0.308 e. The molecule has 1 atom stereocenters. The van der Waals surface area contributed by atoms with Crippen LogP contribution in [0.2, 0.25) is 0 Å². The zero-order valence-electron chi connectivity index (χ0n) is 19.5. The monoisotopic (exact) mass is 458 g/mol. The summed E-state index contributed by atoms with van der Waals surface area (Å²) in [6, 6.07) is 6.22. The molecule has 2 heterocycles. The van der Waals surface area contributed by atoms with E-state index < -0.39 is 12.0 Å². The van der Waals surface area contributed by atoms with Gasteiger partial charge in [0.05, 0.1) is 19.6 Å². The summed E-state index contributed by atoms with van der Waals surface area (Å²) in [6.07, 6.45) is 2.53. The molecule has 1 unspecified atom stereocenters. The lowest BCUT2D eigenvalue weighted by Gasteiger charge is -2.34. The molecule has 2 aliphatic heterocycles. The van der Waals surface area contributed by atoms with E-state index in [4.69, 9.17) is 4.74 Å². The number of ether oxygens (including phenoxy) is 1. The Morgan fingerprint density at radius 3 is 2.67 bits per heavy atom. The molecule has 0 radical (unpaired) electrons. The Bertz CT molecular complexity index is 866. The van der Waals surface area contributed by atoms with Crippen LogP contribution in [0.3, 0.4) is 0 Å². The number of rotatable bonds is 8. The first-order chi connectivity index (χ1) is 15.9. The number of piperidine rings is 1. The van der Waals surface area contributed by atoms with Gasteiger partial charge in [-0.2, -0.15) is 0 Å². The van der Waals surface area contributed by atoms with Gasteiger partial charge in [0.2, 0.25) is 11.8 Å². The van der Waals surface area contributed by atoms with E-state index in [-0.39, 0.29) is 37.3 Å². The fourth-order valence-electron chi connectivity index (χ4n) is 4.08. The van der Waals surface area contributed by atoms with Crippen LogP contribution in [0, 0.1) is 5.92 Å². The van der Waals surface area contributed by atoms with Crippen molar-refractivity contribution in [1.29, 1.82) is 0 Å². The van der Waals surface area contributed by atoms with Crippen molar-refractivity contribution in [3.05, 3.63) is 29.8 Å². The smallest absolute Gasteiger partial charge is 0.308 e. The van der Waals surface area contributed by atoms with Gasteiger partial charge in [-0.3, -0.25) is 19.2 Å². The third-order valence-corrected chi connectivity index (χ3v) is 6.10. The minimum atomic E-state index is -0.883. The Labute approximate surface area is 194 Å². The van der Waals surface area contributed by atoms with Gasteiger partial charge >= 0.3 is 5.97 Å². The fraction of sp³-hybridized carbons (Fsp3) is 0.583. The molecule has 0 aromatic heterocycles. The summed E-state index contributed by atoms with van der Waals surface area (Å²) in [5.41, 5.74) is 1.23. The fourth-order valence-corrected chi connectivity index (χ4v) is 4.08. The maximum atomic E-state index is 12.9. The van der Waals surface area contributed by atoms with Crippen LogP contribution in [0.1, 0.15) is 49.9 Å². The molecule has 0 saturated carbocycles. The first-order valence-corrected chi connectivity index (χ1v) is 11.7. The largest absolute Gasteiger partial charge is 0.466 e. The van der Waals surface area contributed by atoms with Crippen molar-refractivity contribution < 1.29 is 23.9 Å². The van der Waals surface area contributed by atoms with Crippen molar-refractivity contribution in [1.82, 2.24) is 15.1 Å². The molecule has 2 fully saturated rings. The van der Waals surface area contributed by atoms with E-state index in [1.807, 2.05) is 11.8 Å². The summed E-state index contributed by atoms with van der Waals surface area (Å²) in [7, 11) is 0. The van der Waals surface area contributed by atoms with Crippen LogP contribution in [0.5, 0.6) is 0 Å². The number of anilines is 1. The van der Waals surface area contributed by atoms with Crippen molar-refractivity contribution in [2.45, 2.75) is 45.6 Å². The van der Waals surface area contributed by atoms with Crippen LogP contribution in [0.4, 0.5) is 5.69 Å². The van der Waals surface area contributed by atoms with Crippen molar-refractivity contribution in [2.24, 2.45) is 5.92 Å². The van der Waals surface area contributed by atoms with Gasteiger partial charge in [0, 0.05) is 37.4 Å². The van der Waals surface area contributed by atoms with E-state index in [0.29, 0.717) is 36.7 Å². The predicted molar refractivity (Wildman–Crippen MR) is 124 cm³/mol. The molecule has 33 heavy (non-hydrogen) atoms. The van der Waals surface area contributed by atoms with Gasteiger partial charge in [0.25, 0.3) is 5.91 Å². The summed E-state index contributed by atoms with van der Waals surface area (Å²) < 4.78 is 5.08. The van der Waals surface area contributed by atoms with Crippen LogP contribution >= 0.6 is 0 Å². The number of esters is 1. The molecule has 9 heteroatoms. The van der Waals surface area contributed by atoms with E-state index in [9.17, 15) is 19.2 Å².